The van der Waals surface area contributed by atoms with E-state index in [4.69, 9.17) is 5.11 Å². The number of hydrogen-bond acceptors (Lipinski definition) is 4. The summed E-state index contributed by atoms with van der Waals surface area (Å²) in [6, 6.07) is 0. The zero-order valence-corrected chi connectivity index (χ0v) is 9.43. The molecule has 0 bridgehead atoms. The fraction of sp³-hybridized carbons (Fsp3) is 0.300. The molecule has 0 saturated carbocycles. The fourth-order valence-electron chi connectivity index (χ4n) is 1.58. The number of hydrogen-bond donors (Lipinski definition) is 2. The van der Waals surface area contributed by atoms with Gasteiger partial charge in [-0.3, -0.25) is 9.59 Å². The normalized spacial score (nSPS) is 10.8. The van der Waals surface area contributed by atoms with E-state index in [9.17, 15) is 9.59 Å². The van der Waals surface area contributed by atoms with Gasteiger partial charge in [0.2, 0.25) is 0 Å². The minimum absolute atomic E-state index is 0.0750. The van der Waals surface area contributed by atoms with Crippen LogP contribution in [-0.2, 0) is 11.2 Å². The molecule has 5 nitrogen and oxygen atoms in total. The SMILES string of the molecule is Cc1c(CCC(=O)O)sc2nc[nH]c(=O)c12. The van der Waals surface area contributed by atoms with Gasteiger partial charge in [0, 0.05) is 4.88 Å². The predicted octanol–water partition coefficient (Wildman–Crippen LogP) is 1.31. The van der Waals surface area contributed by atoms with Crippen LogP contribution in [0.15, 0.2) is 11.1 Å². The second-order valence-corrected chi connectivity index (χ2v) is 4.54. The first-order valence-electron chi connectivity index (χ1n) is 4.77. The van der Waals surface area contributed by atoms with Gasteiger partial charge in [-0.1, -0.05) is 0 Å². The van der Waals surface area contributed by atoms with Crippen LogP contribution in [0, 0.1) is 6.92 Å². The zero-order chi connectivity index (χ0) is 11.7. The van der Waals surface area contributed by atoms with Crippen molar-refractivity contribution in [3.05, 3.63) is 27.1 Å². The zero-order valence-electron chi connectivity index (χ0n) is 8.61. The molecular weight excluding hydrogens is 228 g/mol. The average molecular weight is 238 g/mol. The molecule has 0 aliphatic carbocycles. The average Bonchev–Trinajstić information content (AvgIpc) is 2.54. The molecule has 0 aliphatic rings. The van der Waals surface area contributed by atoms with Crippen molar-refractivity contribution >= 4 is 27.5 Å². The molecule has 84 valence electrons. The number of H-pyrrole nitrogens is 1. The highest BCUT2D eigenvalue weighted by molar-refractivity contribution is 7.18. The Bertz CT molecular complexity index is 600. The Labute approximate surface area is 94.8 Å². The molecule has 0 radical (unpaired) electrons. The van der Waals surface area contributed by atoms with Gasteiger partial charge in [0.15, 0.2) is 0 Å². The number of thiophene rings is 1. The van der Waals surface area contributed by atoms with Gasteiger partial charge in [-0.2, -0.15) is 0 Å². The molecule has 2 heterocycles. The number of aromatic nitrogens is 2. The number of nitrogens with zero attached hydrogens (tertiary/aromatic N) is 1. The van der Waals surface area contributed by atoms with Crippen LogP contribution in [-0.4, -0.2) is 21.0 Å². The highest BCUT2D eigenvalue weighted by Crippen LogP contribution is 2.27. The maximum atomic E-state index is 11.5. The van der Waals surface area contributed by atoms with E-state index in [0.717, 1.165) is 10.4 Å². The molecule has 0 amide bonds. The topological polar surface area (TPSA) is 83.0 Å². The van der Waals surface area contributed by atoms with Gasteiger partial charge in [-0.15, -0.1) is 11.3 Å². The molecule has 2 N–H and O–H groups in total. The maximum absolute atomic E-state index is 11.5. The summed E-state index contributed by atoms with van der Waals surface area (Å²) >= 11 is 1.39. The van der Waals surface area contributed by atoms with E-state index in [1.54, 1.807) is 0 Å². The van der Waals surface area contributed by atoms with Gasteiger partial charge in [0.05, 0.1) is 18.1 Å². The Hall–Kier alpha value is -1.69. The lowest BCUT2D eigenvalue weighted by Gasteiger charge is -1.94. The van der Waals surface area contributed by atoms with Crippen LogP contribution >= 0.6 is 11.3 Å². The Morgan fingerprint density at radius 2 is 2.38 bits per heavy atom. The molecule has 2 rings (SSSR count). The lowest BCUT2D eigenvalue weighted by molar-refractivity contribution is -0.136. The number of carboxylic acids is 1. The van der Waals surface area contributed by atoms with Crippen molar-refractivity contribution < 1.29 is 9.90 Å². The van der Waals surface area contributed by atoms with Gasteiger partial charge >= 0.3 is 5.97 Å². The molecule has 0 saturated heterocycles. The molecule has 0 aliphatic heterocycles. The van der Waals surface area contributed by atoms with E-state index < -0.39 is 5.97 Å². The first-order chi connectivity index (χ1) is 7.59. The molecule has 2 aromatic rings. The van der Waals surface area contributed by atoms with Crippen molar-refractivity contribution in [1.82, 2.24) is 9.97 Å². The Balaban J connectivity index is 2.48. The summed E-state index contributed by atoms with van der Waals surface area (Å²) in [7, 11) is 0. The van der Waals surface area contributed by atoms with Gasteiger partial charge in [0.1, 0.15) is 4.83 Å². The van der Waals surface area contributed by atoms with Crippen molar-refractivity contribution in [3.8, 4) is 0 Å². The highest BCUT2D eigenvalue weighted by Gasteiger charge is 2.12. The molecule has 0 spiro atoms. The summed E-state index contributed by atoms with van der Waals surface area (Å²) in [5.74, 6) is -0.835. The number of carboxylic acid groups (broad SMARTS) is 1. The standard InChI is InChI=1S/C10H10N2O3S/c1-5-6(2-3-7(13)14)16-10-8(5)9(15)11-4-12-10/h4H,2-3H2,1H3,(H,13,14)(H,11,12,15). The van der Waals surface area contributed by atoms with Gasteiger partial charge in [-0.05, 0) is 18.9 Å². The first kappa shape index (κ1) is 10.8. The van der Waals surface area contributed by atoms with Crippen LogP contribution in [0.5, 0.6) is 0 Å². The van der Waals surface area contributed by atoms with Crippen LogP contribution in [0.4, 0.5) is 0 Å². The van der Waals surface area contributed by atoms with E-state index in [0.29, 0.717) is 16.6 Å². The lowest BCUT2D eigenvalue weighted by atomic mass is 10.1. The van der Waals surface area contributed by atoms with Crippen LogP contribution in [0.25, 0.3) is 10.2 Å². The minimum atomic E-state index is -0.835. The summed E-state index contributed by atoms with van der Waals surface area (Å²) in [6.07, 6.45) is 1.88. The quantitative estimate of drug-likeness (QED) is 0.844. The van der Waals surface area contributed by atoms with E-state index in [2.05, 4.69) is 9.97 Å². The third-order valence-corrected chi connectivity index (χ3v) is 3.66. The maximum Gasteiger partial charge on any atom is 0.303 e. The van der Waals surface area contributed by atoms with E-state index in [1.807, 2.05) is 6.92 Å². The number of aliphatic carboxylic acids is 1. The van der Waals surface area contributed by atoms with Crippen molar-refractivity contribution in [2.45, 2.75) is 19.8 Å². The summed E-state index contributed by atoms with van der Waals surface area (Å²) in [4.78, 5) is 30.2. The first-order valence-corrected chi connectivity index (χ1v) is 5.58. The van der Waals surface area contributed by atoms with Gasteiger partial charge in [0.25, 0.3) is 5.56 Å². The number of fused-ring (bicyclic) bond motifs is 1. The fourth-order valence-corrected chi connectivity index (χ4v) is 2.73. The molecule has 6 heteroatoms. The number of aromatic amines is 1. The molecule has 2 aromatic heterocycles. The Kier molecular flexibility index (Phi) is 2.74. The van der Waals surface area contributed by atoms with Crippen LogP contribution in [0.1, 0.15) is 16.9 Å². The monoisotopic (exact) mass is 238 g/mol. The van der Waals surface area contributed by atoms with E-state index >= 15 is 0 Å². The molecule has 0 aromatic carbocycles. The summed E-state index contributed by atoms with van der Waals surface area (Å²) in [6.45, 7) is 1.83. The summed E-state index contributed by atoms with van der Waals surface area (Å²) in [5, 5.41) is 9.19. The van der Waals surface area contributed by atoms with E-state index in [-0.39, 0.29) is 12.0 Å². The van der Waals surface area contributed by atoms with Crippen molar-refractivity contribution in [3.63, 3.8) is 0 Å². The number of rotatable bonds is 3. The predicted molar refractivity (Wildman–Crippen MR) is 60.9 cm³/mol. The molecule has 0 unspecified atom stereocenters. The lowest BCUT2D eigenvalue weighted by Crippen LogP contribution is -2.05. The van der Waals surface area contributed by atoms with Crippen molar-refractivity contribution in [2.24, 2.45) is 0 Å². The Morgan fingerprint density at radius 1 is 1.62 bits per heavy atom. The highest BCUT2D eigenvalue weighted by atomic mass is 32.1. The summed E-state index contributed by atoms with van der Waals surface area (Å²) < 4.78 is 0. The third-order valence-electron chi connectivity index (χ3n) is 2.40. The second kappa shape index (κ2) is 4.05. The number of carbonyl (C=O) groups is 1. The molecule has 0 atom stereocenters. The molecule has 16 heavy (non-hydrogen) atoms. The van der Waals surface area contributed by atoms with E-state index in [1.165, 1.54) is 17.7 Å². The third kappa shape index (κ3) is 1.83. The molecule has 0 fully saturated rings. The van der Waals surface area contributed by atoms with Crippen LogP contribution < -0.4 is 5.56 Å². The molecular formula is C10H10N2O3S. The van der Waals surface area contributed by atoms with Crippen LogP contribution in [0.3, 0.4) is 0 Å². The smallest absolute Gasteiger partial charge is 0.303 e. The number of nitrogens with one attached hydrogen (secondary N) is 1. The van der Waals surface area contributed by atoms with Gasteiger partial charge < -0.3 is 10.1 Å². The minimum Gasteiger partial charge on any atom is -0.481 e. The van der Waals surface area contributed by atoms with Crippen LogP contribution in [0.2, 0.25) is 0 Å². The largest absolute Gasteiger partial charge is 0.481 e. The summed E-state index contributed by atoms with van der Waals surface area (Å²) in [5.41, 5.74) is 0.677. The van der Waals surface area contributed by atoms with Crippen molar-refractivity contribution in [2.75, 3.05) is 0 Å². The van der Waals surface area contributed by atoms with Crippen molar-refractivity contribution in [1.29, 1.82) is 0 Å². The Morgan fingerprint density at radius 3 is 3.00 bits per heavy atom. The second-order valence-electron chi connectivity index (χ2n) is 3.46. The van der Waals surface area contributed by atoms with Gasteiger partial charge in [-0.25, -0.2) is 4.98 Å². The number of aryl methyl sites for hydroxylation is 2.